The summed E-state index contributed by atoms with van der Waals surface area (Å²) in [7, 11) is 3.94. The lowest BCUT2D eigenvalue weighted by molar-refractivity contribution is 1.04. The molecule has 1 fully saturated rings. The van der Waals surface area contributed by atoms with Gasteiger partial charge in [-0.15, -0.1) is 11.8 Å². The van der Waals surface area contributed by atoms with Gasteiger partial charge in [0.05, 0.1) is 9.16 Å². The van der Waals surface area contributed by atoms with Crippen molar-refractivity contribution in [1.82, 2.24) is 0 Å². The third-order valence-electron chi connectivity index (χ3n) is 0.714. The first kappa shape index (κ1) is 6.17. The molecule has 0 unspecified atom stereocenters. The van der Waals surface area contributed by atoms with Crippen LogP contribution in [0.25, 0.3) is 0 Å². The van der Waals surface area contributed by atoms with E-state index >= 15 is 0 Å². The quantitative estimate of drug-likeness (QED) is 0.490. The molecule has 1 aliphatic rings. The normalized spacial score (nSPS) is 28.3. The molecule has 0 saturated carbocycles. The molecule has 0 aromatic heterocycles. The van der Waals surface area contributed by atoms with Crippen molar-refractivity contribution in [3.05, 3.63) is 0 Å². The zero-order chi connectivity index (χ0) is 5.33. The Morgan fingerprint density at radius 3 is 2.29 bits per heavy atom. The molecule has 0 nitrogen and oxygen atoms in total. The second-order valence-electron chi connectivity index (χ2n) is 1.86. The van der Waals surface area contributed by atoms with Gasteiger partial charge in [0, 0.05) is 0 Å². The van der Waals surface area contributed by atoms with Crippen molar-refractivity contribution < 1.29 is 0 Å². The van der Waals surface area contributed by atoms with Crippen molar-refractivity contribution in [2.24, 2.45) is 0 Å². The Labute approximate surface area is 56.6 Å². The van der Waals surface area contributed by atoms with Gasteiger partial charge < -0.3 is 0 Å². The van der Waals surface area contributed by atoms with Crippen molar-refractivity contribution in [3.8, 4) is 0 Å². The van der Waals surface area contributed by atoms with Crippen molar-refractivity contribution in [3.63, 3.8) is 0 Å². The number of hydrogen-bond acceptors (Lipinski definition) is 3. The largest absolute Gasteiger partial charge is 0.132 e. The van der Waals surface area contributed by atoms with Crippen molar-refractivity contribution in [2.45, 2.75) is 17.9 Å². The lowest BCUT2D eigenvalue weighted by atomic mass is 10.5. The molecule has 1 rings (SSSR count). The molecule has 3 heteroatoms. The molecular formula is C4H8S3. The van der Waals surface area contributed by atoms with Crippen LogP contribution in [0.2, 0.25) is 0 Å². The van der Waals surface area contributed by atoms with Gasteiger partial charge in [-0.2, -0.15) is 0 Å². The molecular weight excluding hydrogens is 144 g/mol. The molecule has 1 aliphatic heterocycles. The Hall–Kier alpha value is 1.05. The smallest absolute Gasteiger partial charge is 0.0667 e. The van der Waals surface area contributed by atoms with Gasteiger partial charge in [0.2, 0.25) is 0 Å². The zero-order valence-corrected chi connectivity index (χ0v) is 6.88. The topological polar surface area (TPSA) is 0 Å². The van der Waals surface area contributed by atoms with Crippen molar-refractivity contribution in [2.75, 3.05) is 5.08 Å². The van der Waals surface area contributed by atoms with Crippen molar-refractivity contribution in [1.29, 1.82) is 0 Å². The fourth-order valence-corrected chi connectivity index (χ4v) is 5.37. The first-order chi connectivity index (χ1) is 3.21. The highest BCUT2D eigenvalue weighted by atomic mass is 33.1. The summed E-state index contributed by atoms with van der Waals surface area (Å²) in [6.07, 6.45) is 0. The first-order valence-corrected chi connectivity index (χ1v) is 5.46. The zero-order valence-electron chi connectivity index (χ0n) is 4.43. The van der Waals surface area contributed by atoms with Gasteiger partial charge in [-0.1, -0.05) is 21.6 Å². The van der Waals surface area contributed by atoms with E-state index in [0.717, 1.165) is 0 Å². The van der Waals surface area contributed by atoms with Crippen LogP contribution in [0.4, 0.5) is 0 Å². The SMILES string of the molecule is CC1(C)SCSS1. The van der Waals surface area contributed by atoms with Gasteiger partial charge >= 0.3 is 0 Å². The summed E-state index contributed by atoms with van der Waals surface area (Å²) in [5.74, 6) is 0. The minimum atomic E-state index is 0.491. The van der Waals surface area contributed by atoms with E-state index in [9.17, 15) is 0 Å². The summed E-state index contributed by atoms with van der Waals surface area (Å²) in [5, 5.41) is 1.26. The van der Waals surface area contributed by atoms with Crippen LogP contribution in [0.1, 0.15) is 13.8 Å². The van der Waals surface area contributed by atoms with Crippen LogP contribution in [-0.2, 0) is 0 Å². The summed E-state index contributed by atoms with van der Waals surface area (Å²) in [6, 6.07) is 0. The number of thioether (sulfide) groups is 1. The van der Waals surface area contributed by atoms with Crippen LogP contribution in [0, 0.1) is 0 Å². The van der Waals surface area contributed by atoms with E-state index in [1.54, 1.807) is 0 Å². The van der Waals surface area contributed by atoms with Gasteiger partial charge in [-0.05, 0) is 13.8 Å². The third kappa shape index (κ3) is 1.78. The molecule has 0 spiro atoms. The summed E-state index contributed by atoms with van der Waals surface area (Å²) in [4.78, 5) is 0. The minimum Gasteiger partial charge on any atom is -0.132 e. The molecule has 1 saturated heterocycles. The van der Waals surface area contributed by atoms with Gasteiger partial charge in [0.1, 0.15) is 0 Å². The molecule has 0 atom stereocenters. The van der Waals surface area contributed by atoms with Crippen LogP contribution < -0.4 is 0 Å². The Morgan fingerprint density at radius 2 is 2.14 bits per heavy atom. The monoisotopic (exact) mass is 152 g/mol. The number of rotatable bonds is 0. The standard InChI is InChI=1S/C4H8S3/c1-4(2)5-3-6-7-4/h3H2,1-2H3. The molecule has 7 heavy (non-hydrogen) atoms. The fourth-order valence-electron chi connectivity index (χ4n) is 0.356. The fraction of sp³-hybridized carbons (Fsp3) is 1.00. The molecule has 1 heterocycles. The molecule has 0 aromatic rings. The Balaban J connectivity index is 2.40. The van der Waals surface area contributed by atoms with Crippen LogP contribution in [0.5, 0.6) is 0 Å². The lowest BCUT2D eigenvalue weighted by Gasteiger charge is -2.10. The van der Waals surface area contributed by atoms with Crippen molar-refractivity contribution >= 4 is 33.3 Å². The third-order valence-corrected chi connectivity index (χ3v) is 6.17. The molecule has 0 radical (unpaired) electrons. The van der Waals surface area contributed by atoms with Crippen LogP contribution in [-0.4, -0.2) is 9.16 Å². The highest BCUT2D eigenvalue weighted by molar-refractivity contribution is 8.83. The minimum absolute atomic E-state index is 0.491. The maximum Gasteiger partial charge on any atom is 0.0667 e. The average Bonchev–Trinajstić information content (AvgIpc) is 1.84. The van der Waals surface area contributed by atoms with E-state index in [2.05, 4.69) is 13.8 Å². The molecule has 0 aromatic carbocycles. The molecule has 0 bridgehead atoms. The maximum absolute atomic E-state index is 2.27. The molecule has 42 valence electrons. The Morgan fingerprint density at radius 1 is 1.43 bits per heavy atom. The van der Waals surface area contributed by atoms with E-state index in [-0.39, 0.29) is 0 Å². The van der Waals surface area contributed by atoms with Crippen LogP contribution in [0.3, 0.4) is 0 Å². The van der Waals surface area contributed by atoms with Gasteiger partial charge in [0.15, 0.2) is 0 Å². The predicted molar refractivity (Wildman–Crippen MR) is 41.7 cm³/mol. The summed E-state index contributed by atoms with van der Waals surface area (Å²) in [5.41, 5.74) is 0. The van der Waals surface area contributed by atoms with Gasteiger partial charge in [-0.25, -0.2) is 0 Å². The summed E-state index contributed by atoms with van der Waals surface area (Å²) in [6.45, 7) is 4.53. The lowest BCUT2D eigenvalue weighted by Crippen LogP contribution is -2.00. The summed E-state index contributed by atoms with van der Waals surface area (Å²) >= 11 is 2.03. The van der Waals surface area contributed by atoms with E-state index < -0.39 is 0 Å². The van der Waals surface area contributed by atoms with E-state index in [1.165, 1.54) is 5.08 Å². The Bertz CT molecular complexity index is 61.3. The van der Waals surface area contributed by atoms with E-state index in [0.29, 0.717) is 4.08 Å². The van der Waals surface area contributed by atoms with Crippen LogP contribution in [0.15, 0.2) is 0 Å². The first-order valence-electron chi connectivity index (χ1n) is 2.15. The average molecular weight is 152 g/mol. The summed E-state index contributed by atoms with van der Waals surface area (Å²) < 4.78 is 0.491. The predicted octanol–water partition coefficient (Wildman–Crippen LogP) is 2.81. The number of hydrogen-bond donors (Lipinski definition) is 0. The highest BCUT2D eigenvalue weighted by Gasteiger charge is 2.24. The second-order valence-corrected chi connectivity index (χ2v) is 7.00. The van der Waals surface area contributed by atoms with E-state index in [1.807, 2.05) is 33.3 Å². The molecule has 0 N–H and O–H groups in total. The molecule has 0 aliphatic carbocycles. The second kappa shape index (κ2) is 2.11. The maximum atomic E-state index is 2.27. The van der Waals surface area contributed by atoms with Crippen LogP contribution >= 0.6 is 33.3 Å². The van der Waals surface area contributed by atoms with Gasteiger partial charge in [-0.3, -0.25) is 0 Å². The molecule has 0 amide bonds. The van der Waals surface area contributed by atoms with Gasteiger partial charge in [0.25, 0.3) is 0 Å². The van der Waals surface area contributed by atoms with E-state index in [4.69, 9.17) is 0 Å². The highest BCUT2D eigenvalue weighted by Crippen LogP contribution is 2.52. The Kier molecular flexibility index (Phi) is 1.86.